The lowest BCUT2D eigenvalue weighted by atomic mass is 10.1. The molecule has 1 atom stereocenters. The van der Waals surface area contributed by atoms with Crippen LogP contribution in [-0.2, 0) is 26.2 Å². The Balaban J connectivity index is 1.99. The third-order valence-corrected chi connectivity index (χ3v) is 8.83. The average Bonchev–Trinajstić information content (AvgIpc) is 2.92. The zero-order valence-electron chi connectivity index (χ0n) is 21.9. The molecule has 9 heteroatoms. The van der Waals surface area contributed by atoms with Gasteiger partial charge in [-0.25, -0.2) is 8.42 Å². The number of rotatable bonds is 12. The largest absolute Gasteiger partial charge is 0.354 e. The predicted molar refractivity (Wildman–Crippen MR) is 159 cm³/mol. The molecule has 0 unspecified atom stereocenters. The number of sulfonamides is 1. The molecule has 202 valence electrons. The van der Waals surface area contributed by atoms with Crippen LogP contribution in [-0.4, -0.2) is 44.3 Å². The van der Waals surface area contributed by atoms with Crippen molar-refractivity contribution >= 4 is 50.1 Å². The van der Waals surface area contributed by atoms with Crippen molar-refractivity contribution in [1.29, 1.82) is 0 Å². The van der Waals surface area contributed by atoms with Gasteiger partial charge in [0.1, 0.15) is 12.6 Å². The van der Waals surface area contributed by atoms with E-state index in [1.807, 2.05) is 38.1 Å². The first-order valence-corrected chi connectivity index (χ1v) is 15.1. The molecule has 0 fully saturated rings. The van der Waals surface area contributed by atoms with Crippen molar-refractivity contribution in [3.8, 4) is 0 Å². The second-order valence-electron chi connectivity index (χ2n) is 9.07. The Morgan fingerprint density at radius 3 is 2.21 bits per heavy atom. The minimum Gasteiger partial charge on any atom is -0.354 e. The molecule has 3 rings (SSSR count). The topological polar surface area (TPSA) is 86.8 Å². The van der Waals surface area contributed by atoms with Crippen molar-refractivity contribution in [2.24, 2.45) is 0 Å². The second-order valence-corrected chi connectivity index (χ2v) is 12.2. The molecule has 0 aliphatic rings. The summed E-state index contributed by atoms with van der Waals surface area (Å²) in [5.41, 5.74) is 2.24. The highest BCUT2D eigenvalue weighted by Crippen LogP contribution is 2.25. The van der Waals surface area contributed by atoms with Crippen LogP contribution in [0.15, 0.2) is 83.8 Å². The normalized spacial score (nSPS) is 12.0. The fourth-order valence-electron chi connectivity index (χ4n) is 3.95. The van der Waals surface area contributed by atoms with Gasteiger partial charge in [0, 0.05) is 16.7 Å². The number of halogens is 1. The number of amides is 2. The minimum absolute atomic E-state index is 0.0853. The number of nitrogens with zero attached hydrogens (tertiary/aromatic N) is 2. The van der Waals surface area contributed by atoms with Gasteiger partial charge < -0.3 is 10.2 Å². The first-order valence-electron chi connectivity index (χ1n) is 12.6. The summed E-state index contributed by atoms with van der Waals surface area (Å²) in [4.78, 5) is 28.5. The SMILES string of the molecule is CCCCNC(=O)[C@H](C)N(Cc1ccccc1C)C(=O)CN(c1ccc(I)cc1)S(=O)(=O)c1ccccc1. The van der Waals surface area contributed by atoms with Gasteiger partial charge in [0.15, 0.2) is 0 Å². The summed E-state index contributed by atoms with van der Waals surface area (Å²) in [6.07, 6.45) is 1.77. The number of carbonyl (C=O) groups is 2. The maximum absolute atomic E-state index is 13.9. The van der Waals surface area contributed by atoms with Crippen molar-refractivity contribution in [3.05, 3.63) is 93.6 Å². The first-order chi connectivity index (χ1) is 18.1. The van der Waals surface area contributed by atoms with Gasteiger partial charge >= 0.3 is 0 Å². The van der Waals surface area contributed by atoms with E-state index in [9.17, 15) is 18.0 Å². The van der Waals surface area contributed by atoms with E-state index in [4.69, 9.17) is 0 Å². The molecule has 0 aliphatic heterocycles. The van der Waals surface area contributed by atoms with Crippen LogP contribution in [0.4, 0.5) is 5.69 Å². The summed E-state index contributed by atoms with van der Waals surface area (Å²) in [5.74, 6) is -0.739. The van der Waals surface area contributed by atoms with Crippen molar-refractivity contribution in [3.63, 3.8) is 0 Å². The smallest absolute Gasteiger partial charge is 0.264 e. The fourth-order valence-corrected chi connectivity index (χ4v) is 5.74. The second kappa shape index (κ2) is 13.7. The quantitative estimate of drug-likeness (QED) is 0.218. The molecular weight excluding hydrogens is 613 g/mol. The Bertz CT molecular complexity index is 1330. The van der Waals surface area contributed by atoms with Gasteiger partial charge in [-0.3, -0.25) is 13.9 Å². The molecule has 0 bridgehead atoms. The summed E-state index contributed by atoms with van der Waals surface area (Å²) in [5, 5.41) is 2.90. The van der Waals surface area contributed by atoms with E-state index >= 15 is 0 Å². The van der Waals surface area contributed by atoms with E-state index in [1.54, 1.807) is 49.4 Å². The molecular formula is C29H34IN3O4S. The summed E-state index contributed by atoms with van der Waals surface area (Å²) in [6.45, 7) is 5.91. The van der Waals surface area contributed by atoms with Crippen molar-refractivity contribution in [2.45, 2.75) is 51.1 Å². The maximum Gasteiger partial charge on any atom is 0.264 e. The van der Waals surface area contributed by atoms with Crippen molar-refractivity contribution < 1.29 is 18.0 Å². The monoisotopic (exact) mass is 647 g/mol. The molecule has 3 aromatic rings. The number of nitrogens with one attached hydrogen (secondary N) is 1. The molecule has 1 N–H and O–H groups in total. The van der Waals surface area contributed by atoms with E-state index in [2.05, 4.69) is 27.9 Å². The van der Waals surface area contributed by atoms with Crippen molar-refractivity contribution in [2.75, 3.05) is 17.4 Å². The van der Waals surface area contributed by atoms with Gasteiger partial charge in [0.2, 0.25) is 11.8 Å². The van der Waals surface area contributed by atoms with Gasteiger partial charge in [-0.05, 0) is 90.4 Å². The molecule has 38 heavy (non-hydrogen) atoms. The molecule has 0 aromatic heterocycles. The third kappa shape index (κ3) is 7.57. The van der Waals surface area contributed by atoms with E-state index in [1.165, 1.54) is 17.0 Å². The maximum atomic E-state index is 13.9. The Kier molecular flexibility index (Phi) is 10.7. The van der Waals surface area contributed by atoms with Gasteiger partial charge in [-0.1, -0.05) is 55.8 Å². The summed E-state index contributed by atoms with van der Waals surface area (Å²) >= 11 is 2.15. The Hall–Kier alpha value is -2.92. The molecule has 0 aliphatic carbocycles. The predicted octanol–water partition coefficient (Wildman–Crippen LogP) is 5.13. The van der Waals surface area contributed by atoms with Gasteiger partial charge in [0.25, 0.3) is 10.0 Å². The average molecular weight is 648 g/mol. The number of benzene rings is 3. The van der Waals surface area contributed by atoms with Gasteiger partial charge in [-0.15, -0.1) is 0 Å². The summed E-state index contributed by atoms with van der Waals surface area (Å²) in [7, 11) is -4.06. The number of hydrogen-bond donors (Lipinski definition) is 1. The highest BCUT2D eigenvalue weighted by Gasteiger charge is 2.32. The molecule has 0 spiro atoms. The number of anilines is 1. The van der Waals surface area contributed by atoms with Crippen LogP contribution < -0.4 is 9.62 Å². The van der Waals surface area contributed by atoms with Crippen LogP contribution in [0.3, 0.4) is 0 Å². The van der Waals surface area contributed by atoms with E-state index in [0.29, 0.717) is 12.2 Å². The lowest BCUT2D eigenvalue weighted by Crippen LogP contribution is -2.51. The van der Waals surface area contributed by atoms with Crippen LogP contribution in [0.2, 0.25) is 0 Å². The Labute approximate surface area is 239 Å². The Morgan fingerprint density at radius 1 is 0.947 bits per heavy atom. The van der Waals surface area contributed by atoms with Crippen LogP contribution in [0.25, 0.3) is 0 Å². The molecule has 0 saturated carbocycles. The van der Waals surface area contributed by atoms with Crippen LogP contribution in [0, 0.1) is 10.5 Å². The number of hydrogen-bond acceptors (Lipinski definition) is 4. The van der Waals surface area contributed by atoms with Gasteiger partial charge in [-0.2, -0.15) is 0 Å². The first kappa shape index (κ1) is 29.6. The molecule has 2 amide bonds. The zero-order chi connectivity index (χ0) is 27.7. The summed E-state index contributed by atoms with van der Waals surface area (Å²) < 4.78 is 29.5. The standard InChI is InChI=1S/C29H34IN3O4S/c1-4-5-19-31-29(35)23(3)32(20-24-12-10-9-11-22(24)2)28(34)21-33(26-17-15-25(30)16-18-26)38(36,37)27-13-7-6-8-14-27/h6-18,23H,4-5,19-21H2,1-3H3,(H,31,35)/t23-/m0/s1. The summed E-state index contributed by atoms with van der Waals surface area (Å²) in [6, 6.07) is 21.9. The van der Waals surface area contributed by atoms with E-state index in [-0.39, 0.29) is 17.3 Å². The zero-order valence-corrected chi connectivity index (χ0v) is 24.9. The lowest BCUT2D eigenvalue weighted by Gasteiger charge is -2.32. The number of carbonyl (C=O) groups excluding carboxylic acids is 2. The molecule has 7 nitrogen and oxygen atoms in total. The van der Waals surface area contributed by atoms with Crippen LogP contribution >= 0.6 is 22.6 Å². The van der Waals surface area contributed by atoms with Crippen LogP contribution in [0.5, 0.6) is 0 Å². The molecule has 0 radical (unpaired) electrons. The molecule has 0 saturated heterocycles. The minimum atomic E-state index is -4.06. The number of unbranched alkanes of at least 4 members (excludes halogenated alkanes) is 1. The molecule has 0 heterocycles. The van der Waals surface area contributed by atoms with Gasteiger partial charge in [0.05, 0.1) is 10.6 Å². The van der Waals surface area contributed by atoms with E-state index in [0.717, 1.165) is 31.8 Å². The van der Waals surface area contributed by atoms with Crippen LogP contribution in [0.1, 0.15) is 37.8 Å². The van der Waals surface area contributed by atoms with E-state index < -0.39 is 28.5 Å². The lowest BCUT2D eigenvalue weighted by molar-refractivity contribution is -0.139. The third-order valence-electron chi connectivity index (χ3n) is 6.32. The van der Waals surface area contributed by atoms with Crippen molar-refractivity contribution in [1.82, 2.24) is 10.2 Å². The Morgan fingerprint density at radius 2 is 1.58 bits per heavy atom. The highest BCUT2D eigenvalue weighted by molar-refractivity contribution is 14.1. The highest BCUT2D eigenvalue weighted by atomic mass is 127. The fraction of sp³-hybridized carbons (Fsp3) is 0.310. The number of aryl methyl sites for hydroxylation is 1. The molecule has 3 aromatic carbocycles.